The van der Waals surface area contributed by atoms with Gasteiger partial charge in [0.2, 0.25) is 10.0 Å². The van der Waals surface area contributed by atoms with Gasteiger partial charge in [0.25, 0.3) is 0 Å². The topological polar surface area (TPSA) is 64.4 Å². The predicted octanol–water partition coefficient (Wildman–Crippen LogP) is 1.72. The lowest BCUT2D eigenvalue weighted by Crippen LogP contribution is -2.56. The molecule has 0 amide bonds. The molecule has 1 aromatic rings. The zero-order valence-electron chi connectivity index (χ0n) is 13.0. The van der Waals surface area contributed by atoms with Crippen LogP contribution in [0.4, 0.5) is 0 Å². The van der Waals surface area contributed by atoms with Gasteiger partial charge in [-0.25, -0.2) is 8.42 Å². The molecule has 2 heterocycles. The summed E-state index contributed by atoms with van der Waals surface area (Å²) in [5.74, 6) is 0. The monoisotopic (exact) mass is 319 g/mol. The smallest absolute Gasteiger partial charge is 0.243 e. The van der Waals surface area contributed by atoms with Crippen molar-refractivity contribution >= 4 is 10.0 Å². The van der Waals surface area contributed by atoms with Gasteiger partial charge >= 0.3 is 0 Å². The first-order valence-electron chi connectivity index (χ1n) is 7.70. The fraction of sp³-hybridized carbons (Fsp3) is 0.562. The van der Waals surface area contributed by atoms with Crippen molar-refractivity contribution in [2.24, 2.45) is 0 Å². The normalized spacial score (nSPS) is 26.6. The van der Waals surface area contributed by atoms with Gasteiger partial charge in [0.05, 0.1) is 16.5 Å². The lowest BCUT2D eigenvalue weighted by molar-refractivity contribution is 0.117. The molecule has 0 aromatic heterocycles. The summed E-state index contributed by atoms with van der Waals surface area (Å²) in [6.07, 6.45) is 2.21. The van der Waals surface area contributed by atoms with Crippen molar-refractivity contribution in [3.8, 4) is 6.07 Å². The Labute approximate surface area is 132 Å². The number of hydrogen-bond donors (Lipinski definition) is 0. The summed E-state index contributed by atoms with van der Waals surface area (Å²) < 4.78 is 27.8. The third kappa shape index (κ3) is 2.54. The van der Waals surface area contributed by atoms with Gasteiger partial charge in [0.1, 0.15) is 0 Å². The summed E-state index contributed by atoms with van der Waals surface area (Å²) in [5, 5.41) is 9.04. The summed E-state index contributed by atoms with van der Waals surface area (Å²) in [6, 6.07) is 7.20. The number of aryl methyl sites for hydroxylation is 1. The Morgan fingerprint density at radius 1 is 1.32 bits per heavy atom. The lowest BCUT2D eigenvalue weighted by Gasteiger charge is -2.41. The van der Waals surface area contributed by atoms with Crippen LogP contribution in [0.25, 0.3) is 0 Å². The second-order valence-corrected chi connectivity index (χ2v) is 8.17. The fourth-order valence-corrected chi connectivity index (χ4v) is 5.48. The quantitative estimate of drug-likeness (QED) is 0.832. The van der Waals surface area contributed by atoms with Crippen molar-refractivity contribution in [2.75, 3.05) is 19.6 Å². The van der Waals surface area contributed by atoms with Gasteiger partial charge in [-0.3, -0.25) is 4.90 Å². The molecule has 2 aliphatic heterocycles. The first-order chi connectivity index (χ1) is 10.4. The summed E-state index contributed by atoms with van der Waals surface area (Å²) in [5.41, 5.74) is 1.08. The van der Waals surface area contributed by atoms with Gasteiger partial charge in [-0.1, -0.05) is 6.07 Å². The standard InChI is InChI=1S/C16H21N3O2S/c1-12-5-6-14(9-17)8-16(12)22(20,21)19-11-15-4-3-7-18(15)10-13(19)2/h5-6,8,13,15H,3-4,7,10-11H2,1-2H3/t13-,15+/m1/s1. The van der Waals surface area contributed by atoms with Crippen LogP contribution in [0.15, 0.2) is 23.1 Å². The largest absolute Gasteiger partial charge is 0.297 e. The minimum atomic E-state index is -3.56. The Morgan fingerprint density at radius 3 is 2.82 bits per heavy atom. The van der Waals surface area contributed by atoms with E-state index in [1.165, 1.54) is 6.07 Å². The maximum absolute atomic E-state index is 13.1. The van der Waals surface area contributed by atoms with E-state index in [0.29, 0.717) is 23.7 Å². The number of hydrogen-bond acceptors (Lipinski definition) is 4. The highest BCUT2D eigenvalue weighted by Gasteiger charge is 2.40. The van der Waals surface area contributed by atoms with E-state index < -0.39 is 10.0 Å². The van der Waals surface area contributed by atoms with Crippen LogP contribution in [-0.4, -0.2) is 49.3 Å². The van der Waals surface area contributed by atoms with Gasteiger partial charge in [-0.05, 0) is 50.9 Å². The number of rotatable bonds is 2. The highest BCUT2D eigenvalue weighted by molar-refractivity contribution is 7.89. The molecule has 0 unspecified atom stereocenters. The molecule has 2 atom stereocenters. The summed E-state index contributed by atoms with van der Waals surface area (Å²) in [7, 11) is -3.56. The average molecular weight is 319 g/mol. The molecule has 3 rings (SSSR count). The van der Waals surface area contributed by atoms with Gasteiger partial charge < -0.3 is 0 Å². The van der Waals surface area contributed by atoms with Crippen molar-refractivity contribution in [3.05, 3.63) is 29.3 Å². The zero-order valence-corrected chi connectivity index (χ0v) is 13.8. The Kier molecular flexibility index (Phi) is 3.98. The number of sulfonamides is 1. The number of benzene rings is 1. The molecular weight excluding hydrogens is 298 g/mol. The van der Waals surface area contributed by atoms with Crippen LogP contribution in [-0.2, 0) is 10.0 Å². The zero-order chi connectivity index (χ0) is 15.9. The Hall–Kier alpha value is -1.42. The molecule has 2 fully saturated rings. The fourth-order valence-electron chi connectivity index (χ4n) is 3.57. The molecule has 2 aliphatic rings. The first-order valence-corrected chi connectivity index (χ1v) is 9.14. The van der Waals surface area contributed by atoms with E-state index in [0.717, 1.165) is 25.9 Å². The minimum absolute atomic E-state index is 0.0375. The van der Waals surface area contributed by atoms with Gasteiger partial charge in [-0.2, -0.15) is 9.57 Å². The summed E-state index contributed by atoms with van der Waals surface area (Å²) >= 11 is 0. The molecule has 118 valence electrons. The van der Waals surface area contributed by atoms with Crippen LogP contribution in [0, 0.1) is 18.3 Å². The molecule has 0 aliphatic carbocycles. The SMILES string of the molecule is Cc1ccc(C#N)cc1S(=O)(=O)N1C[C@@H]2CCCN2C[C@H]1C. The molecule has 0 N–H and O–H groups in total. The minimum Gasteiger partial charge on any atom is -0.297 e. The second kappa shape index (κ2) is 5.65. The van der Waals surface area contributed by atoms with E-state index in [4.69, 9.17) is 5.26 Å². The Morgan fingerprint density at radius 2 is 2.09 bits per heavy atom. The molecule has 1 aromatic carbocycles. The van der Waals surface area contributed by atoms with Crippen molar-refractivity contribution in [1.82, 2.24) is 9.21 Å². The molecule has 0 bridgehead atoms. The predicted molar refractivity (Wildman–Crippen MR) is 83.8 cm³/mol. The number of nitriles is 1. The molecule has 6 heteroatoms. The molecular formula is C16H21N3O2S. The van der Waals surface area contributed by atoms with Crippen LogP contribution in [0.3, 0.4) is 0 Å². The summed E-state index contributed by atoms with van der Waals surface area (Å²) in [4.78, 5) is 2.67. The van der Waals surface area contributed by atoms with Crippen molar-refractivity contribution in [1.29, 1.82) is 5.26 Å². The maximum Gasteiger partial charge on any atom is 0.243 e. The van der Waals surface area contributed by atoms with E-state index in [9.17, 15) is 8.42 Å². The van der Waals surface area contributed by atoms with Gasteiger partial charge in [0.15, 0.2) is 0 Å². The Balaban J connectivity index is 1.97. The molecule has 5 nitrogen and oxygen atoms in total. The van der Waals surface area contributed by atoms with Crippen LogP contribution < -0.4 is 0 Å². The van der Waals surface area contributed by atoms with E-state index >= 15 is 0 Å². The Bertz CT molecular complexity index is 723. The highest BCUT2D eigenvalue weighted by atomic mass is 32.2. The molecule has 2 saturated heterocycles. The number of nitrogens with zero attached hydrogens (tertiary/aromatic N) is 3. The molecule has 22 heavy (non-hydrogen) atoms. The third-order valence-electron chi connectivity index (χ3n) is 4.78. The van der Waals surface area contributed by atoms with E-state index in [1.54, 1.807) is 23.4 Å². The van der Waals surface area contributed by atoms with E-state index in [1.807, 2.05) is 13.0 Å². The maximum atomic E-state index is 13.1. The number of piperazine rings is 1. The van der Waals surface area contributed by atoms with Crippen molar-refractivity contribution < 1.29 is 8.42 Å². The van der Waals surface area contributed by atoms with E-state index in [-0.39, 0.29) is 10.9 Å². The number of fused-ring (bicyclic) bond motifs is 1. The molecule has 0 saturated carbocycles. The highest BCUT2D eigenvalue weighted by Crippen LogP contribution is 2.30. The van der Waals surface area contributed by atoms with Crippen molar-refractivity contribution in [2.45, 2.75) is 43.7 Å². The third-order valence-corrected chi connectivity index (χ3v) is 6.91. The van der Waals surface area contributed by atoms with Crippen LogP contribution in [0.5, 0.6) is 0 Å². The van der Waals surface area contributed by atoms with Crippen LogP contribution >= 0.6 is 0 Å². The van der Waals surface area contributed by atoms with Gasteiger partial charge in [-0.15, -0.1) is 0 Å². The van der Waals surface area contributed by atoms with E-state index in [2.05, 4.69) is 4.90 Å². The molecule has 0 radical (unpaired) electrons. The average Bonchev–Trinajstić information content (AvgIpc) is 2.93. The van der Waals surface area contributed by atoms with Crippen molar-refractivity contribution in [3.63, 3.8) is 0 Å². The lowest BCUT2D eigenvalue weighted by atomic mass is 10.1. The first kappa shape index (κ1) is 15.5. The van der Waals surface area contributed by atoms with Gasteiger partial charge in [0, 0.05) is 25.2 Å². The molecule has 0 spiro atoms. The van der Waals surface area contributed by atoms with Crippen LogP contribution in [0.1, 0.15) is 30.9 Å². The van der Waals surface area contributed by atoms with Crippen LogP contribution in [0.2, 0.25) is 0 Å². The summed E-state index contributed by atoms with van der Waals surface area (Å²) in [6.45, 7) is 6.17. The second-order valence-electron chi connectivity index (χ2n) is 6.31.